The van der Waals surface area contributed by atoms with Crippen LogP contribution in [0.15, 0.2) is 30.3 Å². The zero-order chi connectivity index (χ0) is 14.3. The van der Waals surface area contributed by atoms with Crippen LogP contribution in [0.4, 0.5) is 16.0 Å². The first-order valence-electron chi connectivity index (χ1n) is 6.06. The lowest BCUT2D eigenvalue weighted by Crippen LogP contribution is -2.25. The van der Waals surface area contributed by atoms with E-state index in [-0.39, 0.29) is 17.4 Å². The standard InChI is InChI=1S/C14H11ClFN3O/c15-10-3-1-2-7(13(10)16)9-6-12(20)19-14-8(9)4-5-11(17)18-14/h1-5,9H,6H2,(H3,17,18,19,20)/t9-/m0/s1. The molecule has 0 bridgehead atoms. The van der Waals surface area contributed by atoms with Crippen LogP contribution in [0.2, 0.25) is 5.02 Å². The summed E-state index contributed by atoms with van der Waals surface area (Å²) in [4.78, 5) is 15.9. The summed E-state index contributed by atoms with van der Waals surface area (Å²) in [6, 6.07) is 8.15. The van der Waals surface area contributed by atoms with Crippen molar-refractivity contribution in [2.24, 2.45) is 0 Å². The number of benzene rings is 1. The number of halogens is 2. The molecule has 20 heavy (non-hydrogen) atoms. The zero-order valence-corrected chi connectivity index (χ0v) is 11.1. The van der Waals surface area contributed by atoms with E-state index in [4.69, 9.17) is 17.3 Å². The summed E-state index contributed by atoms with van der Waals surface area (Å²) in [5.41, 5.74) is 6.73. The van der Waals surface area contributed by atoms with E-state index in [1.165, 1.54) is 6.07 Å². The monoisotopic (exact) mass is 291 g/mol. The Morgan fingerprint density at radius 3 is 2.90 bits per heavy atom. The van der Waals surface area contributed by atoms with Crippen LogP contribution in [0.1, 0.15) is 23.5 Å². The minimum Gasteiger partial charge on any atom is -0.384 e. The Labute approximate surface area is 119 Å². The van der Waals surface area contributed by atoms with Crippen molar-refractivity contribution in [3.05, 3.63) is 52.3 Å². The Morgan fingerprint density at radius 1 is 1.30 bits per heavy atom. The van der Waals surface area contributed by atoms with Gasteiger partial charge < -0.3 is 11.1 Å². The van der Waals surface area contributed by atoms with Crippen LogP contribution in [0, 0.1) is 5.82 Å². The molecule has 0 unspecified atom stereocenters. The van der Waals surface area contributed by atoms with Crippen molar-refractivity contribution in [2.75, 3.05) is 11.1 Å². The maximum absolute atomic E-state index is 14.2. The number of fused-ring (bicyclic) bond motifs is 1. The number of hydrogen-bond acceptors (Lipinski definition) is 3. The largest absolute Gasteiger partial charge is 0.384 e. The zero-order valence-electron chi connectivity index (χ0n) is 10.4. The van der Waals surface area contributed by atoms with Crippen molar-refractivity contribution >= 4 is 29.1 Å². The quantitative estimate of drug-likeness (QED) is 0.849. The number of nitrogens with one attached hydrogen (secondary N) is 1. The van der Waals surface area contributed by atoms with Gasteiger partial charge in [0.25, 0.3) is 0 Å². The molecule has 3 N–H and O–H groups in total. The van der Waals surface area contributed by atoms with Crippen LogP contribution in [0.3, 0.4) is 0 Å². The second-order valence-electron chi connectivity index (χ2n) is 4.62. The SMILES string of the molecule is Nc1ccc2c(n1)NC(=O)C[C@H]2c1cccc(Cl)c1F. The van der Waals surface area contributed by atoms with Gasteiger partial charge in [-0.05, 0) is 17.7 Å². The van der Waals surface area contributed by atoms with E-state index < -0.39 is 11.7 Å². The van der Waals surface area contributed by atoms with Gasteiger partial charge in [0, 0.05) is 17.9 Å². The van der Waals surface area contributed by atoms with E-state index in [0.29, 0.717) is 17.2 Å². The summed E-state index contributed by atoms with van der Waals surface area (Å²) in [7, 11) is 0. The van der Waals surface area contributed by atoms with Gasteiger partial charge in [-0.25, -0.2) is 9.37 Å². The molecule has 0 saturated heterocycles. The van der Waals surface area contributed by atoms with Crippen LogP contribution >= 0.6 is 11.6 Å². The van der Waals surface area contributed by atoms with Crippen molar-refractivity contribution < 1.29 is 9.18 Å². The van der Waals surface area contributed by atoms with E-state index in [1.807, 2.05) is 0 Å². The van der Waals surface area contributed by atoms with Crippen LogP contribution in [0.5, 0.6) is 0 Å². The molecule has 1 amide bonds. The topological polar surface area (TPSA) is 68.0 Å². The van der Waals surface area contributed by atoms with Gasteiger partial charge in [0.05, 0.1) is 5.02 Å². The lowest BCUT2D eigenvalue weighted by Gasteiger charge is -2.25. The molecule has 0 aliphatic carbocycles. The number of rotatable bonds is 1. The third-order valence-electron chi connectivity index (χ3n) is 3.33. The minimum absolute atomic E-state index is 0.0402. The van der Waals surface area contributed by atoms with Crippen LogP contribution < -0.4 is 11.1 Å². The Hall–Kier alpha value is -2.14. The average Bonchev–Trinajstić information content (AvgIpc) is 2.40. The number of nitrogens with zero attached hydrogens (tertiary/aromatic N) is 1. The molecule has 1 aromatic heterocycles. The normalized spacial score (nSPS) is 17.5. The molecule has 0 radical (unpaired) electrons. The van der Waals surface area contributed by atoms with E-state index in [1.54, 1.807) is 24.3 Å². The van der Waals surface area contributed by atoms with Gasteiger partial charge in [-0.15, -0.1) is 0 Å². The molecule has 2 heterocycles. The van der Waals surface area contributed by atoms with Gasteiger partial charge in [-0.1, -0.05) is 29.8 Å². The summed E-state index contributed by atoms with van der Waals surface area (Å²) < 4.78 is 14.2. The van der Waals surface area contributed by atoms with Crippen LogP contribution in [-0.4, -0.2) is 10.9 Å². The van der Waals surface area contributed by atoms with Crippen LogP contribution in [-0.2, 0) is 4.79 Å². The highest BCUT2D eigenvalue weighted by atomic mass is 35.5. The molecule has 6 heteroatoms. The fraction of sp³-hybridized carbons (Fsp3) is 0.143. The first-order chi connectivity index (χ1) is 9.56. The Balaban J connectivity index is 2.16. The molecule has 1 atom stereocenters. The number of amides is 1. The van der Waals surface area contributed by atoms with Gasteiger partial charge >= 0.3 is 0 Å². The Morgan fingerprint density at radius 2 is 2.10 bits per heavy atom. The van der Waals surface area contributed by atoms with Crippen molar-refractivity contribution in [2.45, 2.75) is 12.3 Å². The van der Waals surface area contributed by atoms with E-state index >= 15 is 0 Å². The molecule has 1 aliphatic rings. The third kappa shape index (κ3) is 2.10. The summed E-state index contributed by atoms with van der Waals surface area (Å²) in [5.74, 6) is -0.455. The smallest absolute Gasteiger partial charge is 0.226 e. The number of pyridine rings is 1. The number of aromatic nitrogens is 1. The molecule has 0 spiro atoms. The van der Waals surface area contributed by atoms with E-state index in [9.17, 15) is 9.18 Å². The maximum atomic E-state index is 14.2. The second kappa shape index (κ2) is 4.76. The van der Waals surface area contributed by atoms with Crippen molar-refractivity contribution in [3.8, 4) is 0 Å². The first-order valence-corrected chi connectivity index (χ1v) is 6.44. The van der Waals surface area contributed by atoms with E-state index in [0.717, 1.165) is 5.56 Å². The fourth-order valence-electron chi connectivity index (χ4n) is 2.41. The first kappa shape index (κ1) is 12.9. The summed E-state index contributed by atoms with van der Waals surface area (Å²) in [5, 5.41) is 2.69. The van der Waals surface area contributed by atoms with Gasteiger partial charge in [0.15, 0.2) is 0 Å². The third-order valence-corrected chi connectivity index (χ3v) is 3.62. The highest BCUT2D eigenvalue weighted by Gasteiger charge is 2.29. The van der Waals surface area contributed by atoms with Crippen molar-refractivity contribution in [1.29, 1.82) is 0 Å². The van der Waals surface area contributed by atoms with Crippen LogP contribution in [0.25, 0.3) is 0 Å². The average molecular weight is 292 g/mol. The molecule has 2 aromatic rings. The molecule has 0 saturated carbocycles. The number of nitrogens with two attached hydrogens (primary N) is 1. The predicted molar refractivity (Wildman–Crippen MR) is 75.1 cm³/mol. The Kier molecular flexibility index (Phi) is 3.06. The van der Waals surface area contributed by atoms with Gasteiger partial charge in [0.2, 0.25) is 5.91 Å². The lowest BCUT2D eigenvalue weighted by molar-refractivity contribution is -0.116. The Bertz CT molecular complexity index is 705. The molecule has 4 nitrogen and oxygen atoms in total. The van der Waals surface area contributed by atoms with Gasteiger partial charge in [-0.3, -0.25) is 4.79 Å². The molecular formula is C14H11ClFN3O. The van der Waals surface area contributed by atoms with Gasteiger partial charge in [-0.2, -0.15) is 0 Å². The number of carbonyl (C=O) groups excluding carboxylic acids is 1. The maximum Gasteiger partial charge on any atom is 0.226 e. The lowest BCUT2D eigenvalue weighted by atomic mass is 9.86. The van der Waals surface area contributed by atoms with E-state index in [2.05, 4.69) is 10.3 Å². The van der Waals surface area contributed by atoms with Crippen molar-refractivity contribution in [3.63, 3.8) is 0 Å². The minimum atomic E-state index is -0.503. The second-order valence-corrected chi connectivity index (χ2v) is 5.03. The van der Waals surface area contributed by atoms with Gasteiger partial charge in [0.1, 0.15) is 17.5 Å². The highest BCUT2D eigenvalue weighted by Crippen LogP contribution is 2.38. The highest BCUT2D eigenvalue weighted by molar-refractivity contribution is 6.30. The number of anilines is 2. The fourth-order valence-corrected chi connectivity index (χ4v) is 2.59. The molecule has 1 aromatic carbocycles. The number of carbonyl (C=O) groups is 1. The number of hydrogen-bond donors (Lipinski definition) is 2. The molecule has 3 rings (SSSR count). The molecular weight excluding hydrogens is 281 g/mol. The predicted octanol–water partition coefficient (Wildman–Crippen LogP) is 2.93. The molecule has 102 valence electrons. The molecule has 1 aliphatic heterocycles. The number of nitrogen functional groups attached to an aromatic ring is 1. The summed E-state index contributed by atoms with van der Waals surface area (Å²) in [6.07, 6.45) is 0.149. The van der Waals surface area contributed by atoms with Crippen molar-refractivity contribution in [1.82, 2.24) is 4.98 Å². The molecule has 0 fully saturated rings. The summed E-state index contributed by atoms with van der Waals surface area (Å²) in [6.45, 7) is 0. The summed E-state index contributed by atoms with van der Waals surface area (Å²) >= 11 is 5.81.